The Bertz CT molecular complexity index is 4560. The van der Waals surface area contributed by atoms with Crippen LogP contribution in [0.3, 0.4) is 0 Å². The third-order valence-corrected chi connectivity index (χ3v) is 33.8. The van der Waals surface area contributed by atoms with Crippen LogP contribution in [0.15, 0.2) is 221 Å². The fourth-order valence-electron chi connectivity index (χ4n) is 12.0. The van der Waals surface area contributed by atoms with Crippen molar-refractivity contribution in [3.05, 3.63) is 240 Å². The van der Waals surface area contributed by atoms with Gasteiger partial charge < -0.3 is 86.0 Å². The number of hydrogen-bond donors (Lipinski definition) is 5. The zero-order chi connectivity index (χ0) is 91.7. The Hall–Kier alpha value is -9.18. The second kappa shape index (κ2) is 48.3. The number of benzene rings is 8. The Balaban J connectivity index is 1.11. The Labute approximate surface area is 760 Å². The minimum Gasteiger partial charge on any atom is -0.444 e. The van der Waals surface area contributed by atoms with Crippen LogP contribution in [0.1, 0.15) is 144 Å². The van der Waals surface area contributed by atoms with E-state index in [9.17, 15) is 19.2 Å². The van der Waals surface area contributed by atoms with E-state index in [2.05, 4.69) is 50.8 Å². The Kier molecular flexibility index (Phi) is 39.2. The van der Waals surface area contributed by atoms with Gasteiger partial charge in [-0.2, -0.15) is 14.7 Å². The van der Waals surface area contributed by atoms with Gasteiger partial charge in [0.15, 0.2) is 0 Å². The molecule has 682 valence electrons. The summed E-state index contributed by atoms with van der Waals surface area (Å²) in [5.74, 6) is 2.47. The number of rotatable bonds is 46. The summed E-state index contributed by atoms with van der Waals surface area (Å²) in [7, 11) is -2.50. The third-order valence-electron chi connectivity index (χ3n) is 17.7. The van der Waals surface area contributed by atoms with Crippen LogP contribution in [0.2, 0.25) is 6.04 Å². The van der Waals surface area contributed by atoms with Crippen LogP contribution in [0.25, 0.3) is 0 Å². The van der Waals surface area contributed by atoms with Crippen molar-refractivity contribution >= 4 is 119 Å². The van der Waals surface area contributed by atoms with E-state index in [4.69, 9.17) is 110 Å². The van der Waals surface area contributed by atoms with Gasteiger partial charge in [0.1, 0.15) is 56.9 Å². The van der Waals surface area contributed by atoms with Gasteiger partial charge in [-0.15, -0.1) is 0 Å². The average Bonchev–Trinajstić information content (AvgIpc) is 0.759. The maximum absolute atomic E-state index is 12.4. The van der Waals surface area contributed by atoms with E-state index in [1.54, 1.807) is 99.3 Å². The summed E-state index contributed by atoms with van der Waals surface area (Å²) >= 11 is 19.6. The molecule has 0 fully saturated rings. The standard InChI is InChI=1S/C91H124N10O17P4S3Si/c1-18-106-126(107-19-2,108-20-3)67-27-60-92-65-66-119(82-28-23-21-24-29-82,83-30-25-22-26-31-83)99-120(123,113-76-52-40-74(41-53-76)68-97-100(16)121(124,115-78-44-32-70(33-45-78)56-61-93-84(102)109-88(4,5)6)116-79-46-34-71(35-47-79)57-62-94-85(103)110-89(7,8)9)114-77-54-42-75(43-55-77)69-98-101(17)122(125,117-80-48-36-72(37-49-80)58-63-95-86(104)111-90(10,11)12)118-81-50-38-73(39-51-81)59-64-96-87(105)112-91(13,14)15/h21-26,28-55,68-69,92H,18-20,27,56-67H2,1-17H3,(H,93,102)(H,94,103)(H,95,104)(H,96,105)/b97-68+,98-69+. The molecule has 35 heteroatoms. The number of hydrazone groups is 2. The van der Waals surface area contributed by atoms with Crippen LogP contribution < -0.4 is 64.3 Å². The largest absolute Gasteiger partial charge is 0.500 e. The van der Waals surface area contributed by atoms with Crippen molar-refractivity contribution in [2.45, 2.75) is 164 Å². The van der Waals surface area contributed by atoms with E-state index in [0.717, 1.165) is 39.3 Å². The second-order valence-corrected chi connectivity index (χ2v) is 48.6. The van der Waals surface area contributed by atoms with Gasteiger partial charge in [0.25, 0.3) is 0 Å². The lowest BCUT2D eigenvalue weighted by Gasteiger charge is -2.30. The van der Waals surface area contributed by atoms with Crippen molar-refractivity contribution in [3.63, 3.8) is 0 Å². The summed E-state index contributed by atoms with van der Waals surface area (Å²) in [5.41, 5.74) is 2.52. The van der Waals surface area contributed by atoms with Crippen LogP contribution in [-0.2, 0) is 93.3 Å². The average molecular weight is 1880 g/mol. The predicted octanol–water partition coefficient (Wildman–Crippen LogP) is 19.8. The van der Waals surface area contributed by atoms with Crippen LogP contribution in [0.5, 0.6) is 34.5 Å². The number of hydrogen-bond acceptors (Lipinski definition) is 23. The first kappa shape index (κ1) is 102. The topological polar surface area (TPSA) is 292 Å². The maximum Gasteiger partial charge on any atom is 0.500 e. The van der Waals surface area contributed by atoms with Crippen molar-refractivity contribution in [2.75, 3.05) is 79.3 Å². The summed E-state index contributed by atoms with van der Waals surface area (Å²) in [4.78, 5) is 49.7. The molecule has 27 nitrogen and oxygen atoms in total. The molecular weight excluding hydrogens is 1750 g/mol. The molecule has 8 aromatic carbocycles. The first-order valence-electron chi connectivity index (χ1n) is 42.0. The number of alkyl carbamates (subject to hydrolysis) is 4. The monoisotopic (exact) mass is 1880 g/mol. The highest BCUT2D eigenvalue weighted by atomic mass is 32.5. The molecular formula is C91H124N10O17P4S3Si. The SMILES string of the molecule is CCO[Si](CCCNCCP(=NP(=S)(Oc1ccc(/C=N/N(C)P(=S)(Oc2ccc(CCNC(=O)OC(C)(C)C)cc2)Oc2ccc(CCNC(=O)OC(C)(C)C)cc2)cc1)Oc1ccc(/C=N/N(C)P(=S)(Oc2ccc(CCNC(=O)OC(C)(C)C)cc2)Oc2ccc(CCNC(=O)OC(C)(C)C)cc2)cc1)(c1ccccc1)c1ccccc1)(OCC)OCC. The highest BCUT2D eigenvalue weighted by molar-refractivity contribution is 8.11. The Morgan fingerprint density at radius 1 is 0.373 bits per heavy atom. The molecule has 0 aliphatic heterocycles. The zero-order valence-electron chi connectivity index (χ0n) is 75.3. The first-order chi connectivity index (χ1) is 59.7. The molecule has 0 spiro atoms. The van der Waals surface area contributed by atoms with Crippen molar-refractivity contribution < 1.29 is 78.5 Å². The van der Waals surface area contributed by atoms with Crippen LogP contribution in [0.4, 0.5) is 19.2 Å². The Morgan fingerprint density at radius 2 is 0.643 bits per heavy atom. The predicted molar refractivity (Wildman–Crippen MR) is 517 cm³/mol. The molecule has 0 unspecified atom stereocenters. The summed E-state index contributed by atoms with van der Waals surface area (Å²) in [6, 6.07) is 65.1. The molecule has 0 saturated carbocycles. The van der Waals surface area contributed by atoms with Gasteiger partial charge in [-0.1, -0.05) is 109 Å². The van der Waals surface area contributed by atoms with Gasteiger partial charge in [-0.05, 0) is 284 Å². The van der Waals surface area contributed by atoms with Gasteiger partial charge in [-0.25, -0.2) is 28.7 Å². The molecule has 0 aliphatic carbocycles. The highest BCUT2D eigenvalue weighted by Gasteiger charge is 2.40. The van der Waals surface area contributed by atoms with Gasteiger partial charge in [-0.3, -0.25) is 0 Å². The van der Waals surface area contributed by atoms with Gasteiger partial charge in [0.05, 0.1) is 12.4 Å². The fourth-order valence-corrected chi connectivity index (χ4v) is 26.4. The number of nitrogens with zero attached hydrogens (tertiary/aromatic N) is 5. The Morgan fingerprint density at radius 3 is 0.913 bits per heavy atom. The molecule has 0 aromatic heterocycles. The lowest BCUT2D eigenvalue weighted by Crippen LogP contribution is -2.46. The summed E-state index contributed by atoms with van der Waals surface area (Å²) in [6.45, 7) is 20.6. The number of amides is 4. The van der Waals surface area contributed by atoms with Crippen LogP contribution >= 0.6 is 27.0 Å². The molecule has 0 atom stereocenters. The minimum atomic E-state index is -3.89. The second-order valence-electron chi connectivity index (χ2n) is 32.9. The normalized spacial score (nSPS) is 12.3. The minimum absolute atomic E-state index is 0.350. The van der Waals surface area contributed by atoms with E-state index < -0.39 is 82.6 Å². The van der Waals surface area contributed by atoms with Crippen LogP contribution in [-0.4, -0.2) is 157 Å². The van der Waals surface area contributed by atoms with Crippen molar-refractivity contribution in [1.82, 2.24) is 36.1 Å². The lowest BCUT2D eigenvalue weighted by molar-refractivity contribution is 0.0517. The van der Waals surface area contributed by atoms with Gasteiger partial charge in [0.2, 0.25) is 0 Å². The van der Waals surface area contributed by atoms with Crippen molar-refractivity contribution in [3.8, 4) is 34.5 Å². The van der Waals surface area contributed by atoms with Gasteiger partial charge >= 0.3 is 53.1 Å². The van der Waals surface area contributed by atoms with E-state index in [-0.39, 0.29) is 0 Å². The third kappa shape index (κ3) is 35.8. The smallest absolute Gasteiger partial charge is 0.444 e. The molecule has 0 heterocycles. The quantitative estimate of drug-likeness (QED) is 0.00591. The number of ether oxygens (including phenoxy) is 4. The number of carbonyl (C=O) groups is 4. The number of nitrogens with one attached hydrogen (secondary N) is 5. The zero-order valence-corrected chi connectivity index (χ0v) is 82.3. The van der Waals surface area contributed by atoms with Crippen LogP contribution in [0, 0.1) is 0 Å². The van der Waals surface area contributed by atoms with E-state index >= 15 is 0 Å². The molecule has 0 saturated heterocycles. The van der Waals surface area contributed by atoms with E-state index in [1.165, 1.54) is 9.56 Å². The van der Waals surface area contributed by atoms with Crippen molar-refractivity contribution in [1.29, 1.82) is 0 Å². The molecule has 126 heavy (non-hydrogen) atoms. The molecule has 4 amide bonds. The molecule has 0 bridgehead atoms. The number of carbonyl (C=O) groups excluding carboxylic acids is 4. The van der Waals surface area contributed by atoms with Gasteiger partial charge in [0, 0.05) is 121 Å². The molecule has 0 aliphatic rings. The first-order valence-corrected chi connectivity index (χ1v) is 53.6. The summed E-state index contributed by atoms with van der Waals surface area (Å²) in [6.07, 6.45) is 4.67. The molecule has 8 rings (SSSR count). The summed E-state index contributed by atoms with van der Waals surface area (Å²) in [5, 5.41) is 26.6. The molecule has 0 radical (unpaired) electrons. The summed E-state index contributed by atoms with van der Waals surface area (Å²) < 4.78 is 90.1. The van der Waals surface area contributed by atoms with E-state index in [1.807, 2.05) is 213 Å². The fraction of sp³-hybridized carbons (Fsp3) is 0.407. The molecule has 5 N–H and O–H groups in total. The van der Waals surface area contributed by atoms with Crippen molar-refractivity contribution in [2.24, 2.45) is 14.7 Å². The van der Waals surface area contributed by atoms with E-state index in [0.29, 0.717) is 143 Å². The maximum atomic E-state index is 12.4. The highest BCUT2D eigenvalue weighted by Crippen LogP contribution is 2.62. The lowest BCUT2D eigenvalue weighted by atomic mass is 10.1. The molecule has 8 aromatic rings.